The van der Waals surface area contributed by atoms with Gasteiger partial charge in [-0.25, -0.2) is 0 Å². The molecule has 144 valence electrons. The van der Waals surface area contributed by atoms with E-state index in [2.05, 4.69) is 31.2 Å². The number of unbranched alkanes of at least 4 members (excludes halogenated alkanes) is 2. The third-order valence-electron chi connectivity index (χ3n) is 7.49. The summed E-state index contributed by atoms with van der Waals surface area (Å²) in [5.41, 5.74) is 3.79. The van der Waals surface area contributed by atoms with Crippen molar-refractivity contribution in [3.63, 3.8) is 0 Å². The summed E-state index contributed by atoms with van der Waals surface area (Å²) in [6.07, 6.45) is 13.2. The van der Waals surface area contributed by atoms with Gasteiger partial charge in [-0.2, -0.15) is 0 Å². The first-order valence-corrected chi connectivity index (χ1v) is 10.7. The Bertz CT molecular complexity index is 561. The van der Waals surface area contributed by atoms with E-state index in [1.807, 2.05) is 0 Å². The van der Waals surface area contributed by atoms with Gasteiger partial charge >= 0.3 is 0 Å². The molecule has 0 amide bonds. The van der Waals surface area contributed by atoms with Crippen LogP contribution in [-0.4, -0.2) is 24.6 Å². The number of hydrogen-bond donors (Lipinski definition) is 1. The second-order valence-corrected chi connectivity index (χ2v) is 8.97. The van der Waals surface area contributed by atoms with Crippen molar-refractivity contribution in [2.75, 3.05) is 13.2 Å². The Kier molecular flexibility index (Phi) is 5.41. The van der Waals surface area contributed by atoms with Crippen LogP contribution in [0.5, 0.6) is 0 Å². The Hall–Kier alpha value is -0.900. The van der Waals surface area contributed by atoms with E-state index in [0.717, 1.165) is 5.56 Å². The summed E-state index contributed by atoms with van der Waals surface area (Å²) in [6.45, 7) is 3.00. The molecule has 0 aromatic heterocycles. The van der Waals surface area contributed by atoms with Crippen molar-refractivity contribution < 1.29 is 14.6 Å². The molecule has 3 heteroatoms. The van der Waals surface area contributed by atoms with Crippen molar-refractivity contribution in [2.45, 2.75) is 88.9 Å². The molecule has 3 saturated carbocycles. The average Bonchev–Trinajstić information content (AvgIpc) is 2.70. The van der Waals surface area contributed by atoms with Crippen LogP contribution in [-0.2, 0) is 14.9 Å². The Morgan fingerprint density at radius 1 is 0.923 bits per heavy atom. The quantitative estimate of drug-likeness (QED) is 0.705. The van der Waals surface area contributed by atoms with Crippen LogP contribution in [0.25, 0.3) is 0 Å². The number of rotatable bonds is 6. The molecular formula is C23H34O3. The van der Waals surface area contributed by atoms with E-state index in [1.54, 1.807) is 0 Å². The minimum atomic E-state index is -0.772. The summed E-state index contributed by atoms with van der Waals surface area (Å²) in [4.78, 5) is 0. The highest BCUT2D eigenvalue weighted by atomic mass is 16.7. The second kappa shape index (κ2) is 7.61. The molecule has 26 heavy (non-hydrogen) atoms. The normalized spacial score (nSPS) is 37.0. The Morgan fingerprint density at radius 2 is 1.62 bits per heavy atom. The van der Waals surface area contributed by atoms with Crippen molar-refractivity contribution in [1.29, 1.82) is 0 Å². The summed E-state index contributed by atoms with van der Waals surface area (Å²) in [5.74, 6) is 0. The van der Waals surface area contributed by atoms with Gasteiger partial charge in [0.2, 0.25) is 0 Å². The maximum atomic E-state index is 9.40. The van der Waals surface area contributed by atoms with Gasteiger partial charge in [0.05, 0.1) is 13.2 Å². The third-order valence-corrected chi connectivity index (χ3v) is 7.49. The lowest BCUT2D eigenvalue weighted by Crippen LogP contribution is -2.44. The molecular weight excluding hydrogens is 324 g/mol. The van der Waals surface area contributed by atoms with Crippen LogP contribution in [0.3, 0.4) is 0 Å². The van der Waals surface area contributed by atoms with Crippen molar-refractivity contribution in [2.24, 2.45) is 5.41 Å². The van der Waals surface area contributed by atoms with Crippen LogP contribution in [0.15, 0.2) is 24.3 Å². The molecule has 1 aromatic rings. The van der Waals surface area contributed by atoms with Gasteiger partial charge in [-0.1, -0.05) is 50.5 Å². The second-order valence-electron chi connectivity index (χ2n) is 8.97. The summed E-state index contributed by atoms with van der Waals surface area (Å²) in [7, 11) is 0. The van der Waals surface area contributed by atoms with Crippen LogP contribution in [0.2, 0.25) is 0 Å². The van der Waals surface area contributed by atoms with Crippen molar-refractivity contribution in [1.82, 2.24) is 0 Å². The summed E-state index contributed by atoms with van der Waals surface area (Å²) in [6, 6.07) is 9.10. The van der Waals surface area contributed by atoms with Crippen LogP contribution in [0.1, 0.15) is 88.4 Å². The molecule has 1 N–H and O–H groups in total. The Morgan fingerprint density at radius 3 is 2.19 bits per heavy atom. The largest absolute Gasteiger partial charge is 0.366 e. The standard InChI is InChI=1S/C23H34O3/c1-2-3-4-9-22-10-13-23(14-11-22,15-12-22)19-7-5-18(6-8-19)20-16-26-21(24)17-25-20/h5-8,20-21,24H,2-4,9-17H2,1H3/t20-,21+,22?,23?/m1/s1. The first-order valence-electron chi connectivity index (χ1n) is 10.7. The fourth-order valence-electron chi connectivity index (χ4n) is 5.56. The number of hydrogen-bond acceptors (Lipinski definition) is 3. The molecule has 1 heterocycles. The molecule has 1 saturated heterocycles. The average molecular weight is 359 g/mol. The van der Waals surface area contributed by atoms with E-state index in [1.165, 1.54) is 69.8 Å². The molecule has 2 bridgehead atoms. The van der Waals surface area contributed by atoms with Crippen molar-refractivity contribution >= 4 is 0 Å². The number of ether oxygens (including phenoxy) is 2. The lowest BCUT2D eigenvalue weighted by Gasteiger charge is -2.54. The smallest absolute Gasteiger partial charge is 0.178 e. The topological polar surface area (TPSA) is 38.7 Å². The van der Waals surface area contributed by atoms with Crippen molar-refractivity contribution in [3.8, 4) is 0 Å². The first-order chi connectivity index (χ1) is 12.6. The molecule has 0 unspecified atom stereocenters. The summed E-state index contributed by atoms with van der Waals surface area (Å²) in [5, 5.41) is 9.40. The highest BCUT2D eigenvalue weighted by Crippen LogP contribution is 2.59. The molecule has 2 atom stereocenters. The van der Waals surface area contributed by atoms with E-state index < -0.39 is 6.29 Å². The predicted octanol–water partition coefficient (Wildman–Crippen LogP) is 5.27. The molecule has 1 aromatic carbocycles. The fraction of sp³-hybridized carbons (Fsp3) is 0.739. The number of fused-ring (bicyclic) bond motifs is 3. The van der Waals surface area contributed by atoms with Crippen LogP contribution in [0, 0.1) is 5.41 Å². The molecule has 4 fully saturated rings. The fourth-order valence-corrected chi connectivity index (χ4v) is 5.56. The van der Waals surface area contributed by atoms with Gasteiger partial charge in [0.1, 0.15) is 6.10 Å². The van der Waals surface area contributed by atoms with Gasteiger partial charge in [-0.05, 0) is 66.9 Å². The lowest BCUT2D eigenvalue weighted by molar-refractivity contribution is -0.214. The van der Waals surface area contributed by atoms with E-state index in [0.29, 0.717) is 17.4 Å². The van der Waals surface area contributed by atoms with Crippen LogP contribution >= 0.6 is 0 Å². The minimum absolute atomic E-state index is 0.0473. The van der Waals surface area contributed by atoms with Gasteiger partial charge in [0, 0.05) is 0 Å². The predicted molar refractivity (Wildman–Crippen MR) is 103 cm³/mol. The summed E-state index contributed by atoms with van der Waals surface area (Å²) < 4.78 is 11.0. The third kappa shape index (κ3) is 3.58. The first kappa shape index (κ1) is 18.5. The van der Waals surface area contributed by atoms with Gasteiger partial charge < -0.3 is 14.6 Å². The highest BCUT2D eigenvalue weighted by molar-refractivity contribution is 5.32. The minimum Gasteiger partial charge on any atom is -0.366 e. The van der Waals surface area contributed by atoms with Gasteiger partial charge in [0.15, 0.2) is 6.29 Å². The molecule has 5 rings (SSSR count). The maximum Gasteiger partial charge on any atom is 0.178 e. The van der Waals surface area contributed by atoms with E-state index in [-0.39, 0.29) is 12.7 Å². The highest BCUT2D eigenvalue weighted by Gasteiger charge is 2.48. The van der Waals surface area contributed by atoms with Crippen LogP contribution in [0.4, 0.5) is 0 Å². The number of benzene rings is 1. The maximum absolute atomic E-state index is 9.40. The van der Waals surface area contributed by atoms with E-state index >= 15 is 0 Å². The Labute approximate surface area is 158 Å². The molecule has 3 aliphatic carbocycles. The zero-order valence-electron chi connectivity index (χ0n) is 16.2. The van der Waals surface area contributed by atoms with Crippen LogP contribution < -0.4 is 0 Å². The molecule has 3 nitrogen and oxygen atoms in total. The number of aliphatic hydroxyl groups is 1. The lowest BCUT2D eigenvalue weighted by atomic mass is 9.51. The van der Waals surface area contributed by atoms with Gasteiger partial charge in [0.25, 0.3) is 0 Å². The zero-order valence-corrected chi connectivity index (χ0v) is 16.2. The van der Waals surface area contributed by atoms with E-state index in [9.17, 15) is 5.11 Å². The molecule has 1 aliphatic heterocycles. The number of aliphatic hydroxyl groups excluding tert-OH is 1. The summed E-state index contributed by atoms with van der Waals surface area (Å²) >= 11 is 0. The molecule has 4 aliphatic rings. The SMILES string of the molecule is CCCCCC12CCC(c3ccc([C@H]4CO[C@H](O)CO4)cc3)(CC1)CC2. The molecule has 0 spiro atoms. The zero-order chi connectivity index (χ0) is 18.0. The van der Waals surface area contributed by atoms with Gasteiger partial charge in [-0.3, -0.25) is 0 Å². The van der Waals surface area contributed by atoms with Gasteiger partial charge in [-0.15, -0.1) is 0 Å². The Balaban J connectivity index is 1.40. The van der Waals surface area contributed by atoms with E-state index in [4.69, 9.17) is 9.47 Å². The monoisotopic (exact) mass is 358 g/mol. The molecule has 0 radical (unpaired) electrons. The van der Waals surface area contributed by atoms with Crippen molar-refractivity contribution in [3.05, 3.63) is 35.4 Å².